The Morgan fingerprint density at radius 3 is 2.61 bits per heavy atom. The van der Waals surface area contributed by atoms with Gasteiger partial charge in [0.25, 0.3) is 5.56 Å². The Balaban J connectivity index is 1.74. The lowest BCUT2D eigenvalue weighted by Crippen LogP contribution is -2.42. The second kappa shape index (κ2) is 8.27. The first-order chi connectivity index (χ1) is 15.0. The van der Waals surface area contributed by atoms with Gasteiger partial charge in [0.15, 0.2) is 11.3 Å². The predicted molar refractivity (Wildman–Crippen MR) is 112 cm³/mol. The van der Waals surface area contributed by atoms with Gasteiger partial charge >= 0.3 is 5.69 Å². The first kappa shape index (κ1) is 20.1. The Hall–Kier alpha value is -4.21. The van der Waals surface area contributed by atoms with Gasteiger partial charge in [-0.3, -0.25) is 18.7 Å². The molecule has 0 bridgehead atoms. The summed E-state index contributed by atoms with van der Waals surface area (Å²) in [5.74, 6) is 0.948. The Labute approximate surface area is 175 Å². The summed E-state index contributed by atoms with van der Waals surface area (Å²) in [5.41, 5.74) is -0.0481. The van der Waals surface area contributed by atoms with E-state index in [0.717, 1.165) is 10.1 Å². The molecule has 0 unspecified atom stereocenters. The molecule has 0 fully saturated rings. The molecule has 1 amide bonds. The number of hydrogen-bond donors (Lipinski definition) is 1. The number of carbonyl (C=O) groups is 1. The number of carbonyl (C=O) groups excluding carboxylic acids is 1. The van der Waals surface area contributed by atoms with Crippen LogP contribution in [0.15, 0.2) is 62.8 Å². The van der Waals surface area contributed by atoms with E-state index in [1.165, 1.54) is 10.8 Å². The predicted octanol–water partition coefficient (Wildman–Crippen LogP) is 1.55. The number of aryl methyl sites for hydroxylation is 1. The zero-order chi connectivity index (χ0) is 22.0. The molecule has 1 N–H and O–H groups in total. The quantitative estimate of drug-likeness (QED) is 0.501. The van der Waals surface area contributed by atoms with Gasteiger partial charge in [0.2, 0.25) is 5.91 Å². The molecule has 158 valence electrons. The zero-order valence-electron chi connectivity index (χ0n) is 16.9. The van der Waals surface area contributed by atoms with Crippen molar-refractivity contribution in [2.45, 2.75) is 20.0 Å². The molecule has 0 saturated carbocycles. The number of amides is 1. The lowest BCUT2D eigenvalue weighted by molar-refractivity contribution is -0.116. The minimum absolute atomic E-state index is 0.0261. The van der Waals surface area contributed by atoms with Crippen molar-refractivity contribution < 1.29 is 14.1 Å². The Kier molecular flexibility index (Phi) is 5.35. The molecular weight excluding hydrogens is 402 g/mol. The molecule has 0 aliphatic carbocycles. The summed E-state index contributed by atoms with van der Waals surface area (Å²) in [7, 11) is 1.55. The van der Waals surface area contributed by atoms with E-state index in [1.807, 2.05) is 0 Å². The molecule has 3 aromatic heterocycles. The van der Waals surface area contributed by atoms with Crippen LogP contribution in [0.4, 0.5) is 5.82 Å². The van der Waals surface area contributed by atoms with Crippen molar-refractivity contribution in [2.75, 3.05) is 12.4 Å². The van der Waals surface area contributed by atoms with Crippen molar-refractivity contribution in [3.63, 3.8) is 0 Å². The smallest absolute Gasteiger partial charge is 0.332 e. The van der Waals surface area contributed by atoms with Crippen molar-refractivity contribution in [1.82, 2.24) is 19.3 Å². The third kappa shape index (κ3) is 4.08. The number of nitrogens with one attached hydrogen (secondary N) is 1. The number of methoxy groups -OCH3 is 1. The topological polar surface area (TPSA) is 121 Å². The third-order valence-electron chi connectivity index (χ3n) is 4.68. The largest absolute Gasteiger partial charge is 0.497 e. The number of fused-ring (bicyclic) bond motifs is 1. The van der Waals surface area contributed by atoms with Crippen molar-refractivity contribution in [3.05, 3.63) is 80.8 Å². The summed E-state index contributed by atoms with van der Waals surface area (Å²) < 4.78 is 12.3. The molecule has 0 saturated heterocycles. The molecule has 0 radical (unpaired) electrons. The zero-order valence-corrected chi connectivity index (χ0v) is 16.9. The van der Waals surface area contributed by atoms with Crippen LogP contribution >= 0.6 is 0 Å². The minimum Gasteiger partial charge on any atom is -0.497 e. The van der Waals surface area contributed by atoms with E-state index < -0.39 is 17.2 Å². The first-order valence-electron chi connectivity index (χ1n) is 9.40. The molecule has 0 spiro atoms. The van der Waals surface area contributed by atoms with Crippen molar-refractivity contribution >= 4 is 22.8 Å². The van der Waals surface area contributed by atoms with Gasteiger partial charge < -0.3 is 14.6 Å². The van der Waals surface area contributed by atoms with Crippen molar-refractivity contribution in [1.29, 1.82) is 0 Å². The normalized spacial score (nSPS) is 10.9. The highest BCUT2D eigenvalue weighted by Gasteiger charge is 2.17. The van der Waals surface area contributed by atoms with Gasteiger partial charge in [0.05, 0.1) is 19.2 Å². The molecule has 0 aliphatic rings. The molecular formula is C21H19N5O5. The van der Waals surface area contributed by atoms with Gasteiger partial charge in [-0.2, -0.15) is 0 Å². The molecule has 4 rings (SSSR count). The maximum absolute atomic E-state index is 13.2. The highest BCUT2D eigenvalue weighted by molar-refractivity contribution is 5.90. The van der Waals surface area contributed by atoms with Crippen LogP contribution < -0.4 is 21.3 Å². The van der Waals surface area contributed by atoms with Gasteiger partial charge in [-0.25, -0.2) is 9.78 Å². The fraction of sp³-hybridized carbons (Fsp3) is 0.190. The van der Waals surface area contributed by atoms with Gasteiger partial charge in [0, 0.05) is 12.3 Å². The van der Waals surface area contributed by atoms with E-state index in [0.29, 0.717) is 11.5 Å². The van der Waals surface area contributed by atoms with E-state index in [2.05, 4.69) is 15.5 Å². The number of anilines is 1. The third-order valence-corrected chi connectivity index (χ3v) is 4.68. The van der Waals surface area contributed by atoms with E-state index in [-0.39, 0.29) is 29.9 Å². The summed E-state index contributed by atoms with van der Waals surface area (Å²) in [4.78, 5) is 42.8. The average molecular weight is 421 g/mol. The van der Waals surface area contributed by atoms with Crippen LogP contribution in [0.5, 0.6) is 5.75 Å². The number of pyridine rings is 1. The molecule has 3 heterocycles. The van der Waals surface area contributed by atoms with Crippen LogP contribution in [0.3, 0.4) is 0 Å². The standard InChI is InChI=1S/C21H19N5O5/c1-13-10-17(24-31-13)23-18(27)12-25-16-4-3-9-22-19(16)20(28)26(21(25)29)11-14-5-7-15(30-2)8-6-14/h3-10H,11-12H2,1-2H3,(H,23,24,27). The molecule has 10 heteroatoms. The second-order valence-corrected chi connectivity index (χ2v) is 6.85. The Morgan fingerprint density at radius 1 is 1.16 bits per heavy atom. The van der Waals surface area contributed by atoms with Gasteiger partial charge in [0.1, 0.15) is 18.1 Å². The van der Waals surface area contributed by atoms with Crippen LogP contribution in [0.1, 0.15) is 11.3 Å². The minimum atomic E-state index is -0.618. The lowest BCUT2D eigenvalue weighted by atomic mass is 10.2. The van der Waals surface area contributed by atoms with Crippen LogP contribution in [0.2, 0.25) is 0 Å². The van der Waals surface area contributed by atoms with Crippen LogP contribution in [-0.2, 0) is 17.9 Å². The summed E-state index contributed by atoms with van der Waals surface area (Å²) >= 11 is 0. The van der Waals surface area contributed by atoms with Crippen LogP contribution in [-0.4, -0.2) is 32.3 Å². The van der Waals surface area contributed by atoms with E-state index >= 15 is 0 Å². The monoisotopic (exact) mass is 421 g/mol. The molecule has 1 aromatic carbocycles. The molecule has 4 aromatic rings. The van der Waals surface area contributed by atoms with Gasteiger partial charge in [-0.1, -0.05) is 17.3 Å². The lowest BCUT2D eigenvalue weighted by Gasteiger charge is -2.13. The van der Waals surface area contributed by atoms with E-state index in [1.54, 1.807) is 56.5 Å². The number of aromatic nitrogens is 4. The summed E-state index contributed by atoms with van der Waals surface area (Å²) in [6, 6.07) is 11.7. The molecule has 0 atom stereocenters. The summed E-state index contributed by atoms with van der Waals surface area (Å²) in [6.07, 6.45) is 1.47. The van der Waals surface area contributed by atoms with E-state index in [4.69, 9.17) is 9.26 Å². The maximum atomic E-state index is 13.2. The number of benzene rings is 1. The highest BCUT2D eigenvalue weighted by Crippen LogP contribution is 2.12. The molecule has 0 aliphatic heterocycles. The fourth-order valence-electron chi connectivity index (χ4n) is 3.20. The summed E-state index contributed by atoms with van der Waals surface area (Å²) in [5, 5.41) is 6.29. The van der Waals surface area contributed by atoms with E-state index in [9.17, 15) is 14.4 Å². The van der Waals surface area contributed by atoms with Gasteiger partial charge in [-0.05, 0) is 36.8 Å². The molecule has 31 heavy (non-hydrogen) atoms. The molecule has 10 nitrogen and oxygen atoms in total. The van der Waals surface area contributed by atoms with Crippen LogP contribution in [0, 0.1) is 6.92 Å². The SMILES string of the molecule is COc1ccc(Cn2c(=O)c3ncccc3n(CC(=O)Nc3cc(C)on3)c2=O)cc1. The number of nitrogens with zero attached hydrogens (tertiary/aromatic N) is 4. The van der Waals surface area contributed by atoms with Crippen molar-refractivity contribution in [2.24, 2.45) is 0 Å². The maximum Gasteiger partial charge on any atom is 0.332 e. The number of hydrogen-bond acceptors (Lipinski definition) is 7. The number of ether oxygens (including phenoxy) is 1. The first-order valence-corrected chi connectivity index (χ1v) is 9.40. The fourth-order valence-corrected chi connectivity index (χ4v) is 3.20. The number of rotatable bonds is 6. The van der Waals surface area contributed by atoms with Crippen LogP contribution in [0.25, 0.3) is 11.0 Å². The Morgan fingerprint density at radius 2 is 1.94 bits per heavy atom. The van der Waals surface area contributed by atoms with Crippen molar-refractivity contribution in [3.8, 4) is 5.75 Å². The average Bonchev–Trinajstić information content (AvgIpc) is 3.19. The highest BCUT2D eigenvalue weighted by atomic mass is 16.5. The Bertz CT molecular complexity index is 1370. The second-order valence-electron chi connectivity index (χ2n) is 6.85. The summed E-state index contributed by atoms with van der Waals surface area (Å²) in [6.45, 7) is 1.40. The van der Waals surface area contributed by atoms with Gasteiger partial charge in [-0.15, -0.1) is 0 Å².